The van der Waals surface area contributed by atoms with Gasteiger partial charge in [-0.3, -0.25) is 9.55 Å². The molecule has 0 amide bonds. The minimum atomic E-state index is -0.348. The molecule has 14 rings (SSSR count). The van der Waals surface area contributed by atoms with Gasteiger partial charge in [-0.15, -0.1) is 0 Å². The van der Waals surface area contributed by atoms with Gasteiger partial charge in [0.1, 0.15) is 11.6 Å². The Morgan fingerprint density at radius 3 is 1.54 bits per heavy atom. The van der Waals surface area contributed by atoms with Crippen molar-refractivity contribution in [1.29, 1.82) is 0 Å². The van der Waals surface area contributed by atoms with Crippen LogP contribution >= 0.6 is 0 Å². The average Bonchev–Trinajstić information content (AvgIpc) is 2.50. The van der Waals surface area contributed by atoms with Crippen LogP contribution in [0.15, 0.2) is 291 Å². The third-order valence-corrected chi connectivity index (χ3v) is 17.5. The van der Waals surface area contributed by atoms with Gasteiger partial charge in [-0.25, -0.2) is 4.98 Å². The molecular weight excluding hydrogens is 1020 g/mol. The lowest BCUT2D eigenvalue weighted by Gasteiger charge is -2.32. The van der Waals surface area contributed by atoms with E-state index in [0.29, 0.717) is 17.3 Å². The highest BCUT2D eigenvalue weighted by molar-refractivity contribution is 5.99. The summed E-state index contributed by atoms with van der Waals surface area (Å²) in [6, 6.07) is 102. The first-order valence-electron chi connectivity index (χ1n) is 29.5. The van der Waals surface area contributed by atoms with E-state index < -0.39 is 0 Å². The molecule has 11 aromatic carbocycles. The van der Waals surface area contributed by atoms with E-state index in [-0.39, 0.29) is 11.2 Å². The monoisotopic (exact) mass is 1080 g/mol. The molecule has 0 bridgehead atoms. The van der Waals surface area contributed by atoms with Gasteiger partial charge >= 0.3 is 0 Å². The van der Waals surface area contributed by atoms with Crippen molar-refractivity contribution < 1.29 is 5.11 Å². The SMILES string of the molecule is CC(c1ccccc1)(c1ccccc1)c1ccc(-c2ccnc(-c3cc(-c4ccccc4)cc(-c4cccc5c4nc(-c4cc(-c6ccccc6)cc(-c6ccccc6)c4O)n5-c4ccc(CC5CCCC5)cc4-c4ccccc4)c3)c2)cc1. The molecule has 0 radical (unpaired) electrons. The molecule has 0 saturated heterocycles. The molecule has 1 aliphatic rings. The Bertz CT molecular complexity index is 4400. The van der Waals surface area contributed by atoms with Crippen LogP contribution in [0.25, 0.3) is 106 Å². The molecule has 404 valence electrons. The van der Waals surface area contributed by atoms with E-state index in [1.807, 2.05) is 30.5 Å². The topological polar surface area (TPSA) is 50.9 Å². The maximum Gasteiger partial charge on any atom is 0.149 e. The lowest BCUT2D eigenvalue weighted by molar-refractivity contribution is 0.479. The first kappa shape index (κ1) is 52.0. The molecule has 1 aliphatic carbocycles. The van der Waals surface area contributed by atoms with Crippen LogP contribution in [0.4, 0.5) is 0 Å². The maximum absolute atomic E-state index is 13.0. The van der Waals surface area contributed by atoms with Crippen molar-refractivity contribution in [3.63, 3.8) is 0 Å². The second-order valence-corrected chi connectivity index (χ2v) is 22.7. The zero-order valence-corrected chi connectivity index (χ0v) is 47.1. The minimum absolute atomic E-state index is 0.175. The molecule has 13 aromatic rings. The standard InChI is InChI=1S/C80H63N3O/c1-80(67-33-16-6-17-34-67,68-35-18-7-19-36-68)69-42-40-59(41-43-69)62-45-46-81-74(54-62)66-50-63(57-25-8-2-9-26-57)49-65(51-66)70-37-22-38-76-77(70)82-79(73-53-64(58-27-10-3-11-28-58)52-72(78(73)84)61-31-14-5-15-32-61)83(76)75-44-39-56(47-55-23-20-21-24-55)48-71(75)60-29-12-4-13-30-60/h2-19,22,25-46,48-55,84H,20-21,23-24,47H2,1H3. The average molecular weight is 1080 g/mol. The fourth-order valence-electron chi connectivity index (χ4n) is 13.0. The molecule has 0 aliphatic heterocycles. The summed E-state index contributed by atoms with van der Waals surface area (Å²) < 4.78 is 2.31. The third-order valence-electron chi connectivity index (χ3n) is 17.5. The van der Waals surface area contributed by atoms with Crippen LogP contribution in [0.2, 0.25) is 0 Å². The molecule has 0 atom stereocenters. The summed E-state index contributed by atoms with van der Waals surface area (Å²) in [6.45, 7) is 2.33. The summed E-state index contributed by atoms with van der Waals surface area (Å²) in [4.78, 5) is 10.9. The number of para-hydroxylation sites is 1. The van der Waals surface area contributed by atoms with Crippen molar-refractivity contribution in [3.05, 3.63) is 314 Å². The minimum Gasteiger partial charge on any atom is -0.507 e. The molecular formula is C80H63N3O. The molecule has 0 unspecified atom stereocenters. The number of rotatable bonds is 14. The number of fused-ring (bicyclic) bond motifs is 1. The first-order valence-corrected chi connectivity index (χ1v) is 29.5. The van der Waals surface area contributed by atoms with E-state index in [2.05, 4.69) is 272 Å². The van der Waals surface area contributed by atoms with Crippen molar-refractivity contribution in [1.82, 2.24) is 14.5 Å². The van der Waals surface area contributed by atoms with Gasteiger partial charge in [0.15, 0.2) is 0 Å². The van der Waals surface area contributed by atoms with Gasteiger partial charge in [0, 0.05) is 33.9 Å². The first-order chi connectivity index (χ1) is 41.4. The number of hydrogen-bond donors (Lipinski definition) is 1. The van der Waals surface area contributed by atoms with Crippen LogP contribution in [0.1, 0.15) is 54.9 Å². The molecule has 2 heterocycles. The molecule has 1 N–H and O–H groups in total. The van der Waals surface area contributed by atoms with E-state index in [9.17, 15) is 5.11 Å². The number of hydrogen-bond acceptors (Lipinski definition) is 3. The highest BCUT2D eigenvalue weighted by Crippen LogP contribution is 2.47. The lowest BCUT2D eigenvalue weighted by atomic mass is 9.71. The van der Waals surface area contributed by atoms with E-state index in [4.69, 9.17) is 9.97 Å². The molecule has 4 heteroatoms. The highest BCUT2D eigenvalue weighted by Gasteiger charge is 2.31. The predicted molar refractivity (Wildman–Crippen MR) is 348 cm³/mol. The van der Waals surface area contributed by atoms with Gasteiger partial charge in [-0.2, -0.15) is 0 Å². The van der Waals surface area contributed by atoms with Gasteiger partial charge in [-0.1, -0.05) is 250 Å². The Morgan fingerprint density at radius 2 is 0.917 bits per heavy atom. The summed E-state index contributed by atoms with van der Waals surface area (Å²) in [6.07, 6.45) is 8.13. The van der Waals surface area contributed by atoms with Gasteiger partial charge in [0.2, 0.25) is 0 Å². The number of pyridine rings is 1. The third kappa shape index (κ3) is 10.0. The smallest absolute Gasteiger partial charge is 0.149 e. The van der Waals surface area contributed by atoms with Crippen LogP contribution in [0.5, 0.6) is 5.75 Å². The Morgan fingerprint density at radius 1 is 0.405 bits per heavy atom. The van der Waals surface area contributed by atoms with Crippen LogP contribution in [-0.4, -0.2) is 19.6 Å². The normalized spacial score (nSPS) is 12.7. The molecule has 1 saturated carbocycles. The zero-order valence-electron chi connectivity index (χ0n) is 47.1. The van der Waals surface area contributed by atoms with Crippen molar-refractivity contribution in [2.24, 2.45) is 5.92 Å². The van der Waals surface area contributed by atoms with E-state index in [1.54, 1.807) is 0 Å². The number of imidazole rings is 1. The van der Waals surface area contributed by atoms with Crippen LogP contribution in [0.3, 0.4) is 0 Å². The Kier molecular flexibility index (Phi) is 14.0. The Balaban J connectivity index is 0.957. The van der Waals surface area contributed by atoms with Gasteiger partial charge in [0.25, 0.3) is 0 Å². The second-order valence-electron chi connectivity index (χ2n) is 22.7. The molecule has 0 spiro atoms. The highest BCUT2D eigenvalue weighted by atomic mass is 16.3. The number of nitrogens with zero attached hydrogens (tertiary/aromatic N) is 3. The summed E-state index contributed by atoms with van der Waals surface area (Å²) in [5, 5.41) is 13.0. The zero-order chi connectivity index (χ0) is 56.4. The molecule has 4 nitrogen and oxygen atoms in total. The summed E-state index contributed by atoms with van der Waals surface area (Å²) in [5.41, 5.74) is 22.3. The maximum atomic E-state index is 13.0. The van der Waals surface area contributed by atoms with Crippen molar-refractivity contribution in [2.75, 3.05) is 0 Å². The van der Waals surface area contributed by atoms with Gasteiger partial charge in [0.05, 0.1) is 28.0 Å². The fraction of sp³-hybridized carbons (Fsp3) is 0.100. The fourth-order valence-corrected chi connectivity index (χ4v) is 13.0. The lowest BCUT2D eigenvalue weighted by Crippen LogP contribution is -2.25. The van der Waals surface area contributed by atoms with E-state index in [1.165, 1.54) is 47.9 Å². The van der Waals surface area contributed by atoms with Crippen LogP contribution in [-0.2, 0) is 11.8 Å². The summed E-state index contributed by atoms with van der Waals surface area (Å²) in [5.74, 6) is 1.51. The number of phenolic OH excluding ortho intramolecular Hbond substituents is 1. The van der Waals surface area contributed by atoms with E-state index in [0.717, 1.165) is 101 Å². The van der Waals surface area contributed by atoms with Crippen molar-refractivity contribution >= 4 is 11.0 Å². The number of aromatic hydroxyl groups is 1. The number of phenols is 1. The quantitative estimate of drug-likeness (QED) is 0.110. The summed E-state index contributed by atoms with van der Waals surface area (Å²) in [7, 11) is 0. The molecule has 2 aromatic heterocycles. The largest absolute Gasteiger partial charge is 0.507 e. The Labute approximate surface area is 492 Å². The molecule has 84 heavy (non-hydrogen) atoms. The predicted octanol–water partition coefficient (Wildman–Crippen LogP) is 20.5. The van der Waals surface area contributed by atoms with Crippen LogP contribution < -0.4 is 0 Å². The van der Waals surface area contributed by atoms with Gasteiger partial charge < -0.3 is 5.11 Å². The number of aromatic nitrogens is 3. The second kappa shape index (κ2) is 22.6. The van der Waals surface area contributed by atoms with Crippen LogP contribution in [0, 0.1) is 5.92 Å². The number of benzene rings is 11. The van der Waals surface area contributed by atoms with Crippen molar-refractivity contribution in [2.45, 2.75) is 44.4 Å². The Hall–Kier alpha value is -10.2. The summed E-state index contributed by atoms with van der Waals surface area (Å²) >= 11 is 0. The van der Waals surface area contributed by atoms with Crippen molar-refractivity contribution in [3.8, 4) is 101 Å². The van der Waals surface area contributed by atoms with E-state index >= 15 is 0 Å². The molecule has 1 fully saturated rings. The van der Waals surface area contributed by atoms with Gasteiger partial charge in [-0.05, 0) is 152 Å².